The van der Waals surface area contributed by atoms with Gasteiger partial charge in [-0.15, -0.1) is 0 Å². The first-order chi connectivity index (χ1) is 7.15. The third kappa shape index (κ3) is 2.58. The summed E-state index contributed by atoms with van der Waals surface area (Å²) in [4.78, 5) is 0. The maximum absolute atomic E-state index is 12.9. The molecule has 1 aromatic heterocycles. The molecule has 0 saturated heterocycles. The summed E-state index contributed by atoms with van der Waals surface area (Å²) < 4.78 is 15.5. The van der Waals surface area contributed by atoms with Gasteiger partial charge in [-0.1, -0.05) is 17.7 Å². The van der Waals surface area contributed by atoms with Gasteiger partial charge in [-0.25, -0.2) is 4.39 Å². The zero-order chi connectivity index (χ0) is 10.8. The fraction of sp³-hybridized carbons (Fsp3) is 0.100. The Bertz CT molecular complexity index is 484. The standard InChI is InChI=1S/C10H7BrClFN2/c11-8-4-14-15(6-8)5-7-1-2-10(13)9(12)3-7/h1-4,6H,5H2. The lowest BCUT2D eigenvalue weighted by atomic mass is 10.2. The summed E-state index contributed by atoms with van der Waals surface area (Å²) >= 11 is 8.97. The van der Waals surface area contributed by atoms with Crippen LogP contribution in [0.2, 0.25) is 5.02 Å². The van der Waals surface area contributed by atoms with Crippen molar-refractivity contribution >= 4 is 27.5 Å². The zero-order valence-electron chi connectivity index (χ0n) is 7.62. The van der Waals surface area contributed by atoms with Crippen molar-refractivity contribution < 1.29 is 4.39 Å². The molecule has 0 bridgehead atoms. The van der Waals surface area contributed by atoms with E-state index in [4.69, 9.17) is 11.6 Å². The van der Waals surface area contributed by atoms with Gasteiger partial charge in [0.15, 0.2) is 0 Å². The summed E-state index contributed by atoms with van der Waals surface area (Å²) in [6, 6.07) is 4.65. The molecule has 0 aliphatic rings. The second kappa shape index (κ2) is 4.33. The molecule has 0 radical (unpaired) electrons. The van der Waals surface area contributed by atoms with E-state index in [2.05, 4.69) is 21.0 Å². The predicted molar refractivity (Wildman–Crippen MR) is 60.4 cm³/mol. The monoisotopic (exact) mass is 288 g/mol. The molecule has 0 fully saturated rings. The molecule has 0 aliphatic carbocycles. The van der Waals surface area contributed by atoms with Crippen LogP contribution in [0.4, 0.5) is 4.39 Å². The van der Waals surface area contributed by atoms with Gasteiger partial charge in [-0.2, -0.15) is 5.10 Å². The van der Waals surface area contributed by atoms with Crippen molar-refractivity contribution in [2.24, 2.45) is 0 Å². The first kappa shape index (κ1) is 10.6. The predicted octanol–water partition coefficient (Wildman–Crippen LogP) is 3.49. The molecular formula is C10H7BrClFN2. The highest BCUT2D eigenvalue weighted by Crippen LogP contribution is 2.17. The highest BCUT2D eigenvalue weighted by molar-refractivity contribution is 9.10. The molecule has 2 nitrogen and oxygen atoms in total. The normalized spacial score (nSPS) is 10.6. The van der Waals surface area contributed by atoms with Crippen molar-refractivity contribution in [3.8, 4) is 0 Å². The molecule has 0 unspecified atom stereocenters. The molecule has 2 rings (SSSR count). The van der Waals surface area contributed by atoms with Crippen LogP contribution in [0.25, 0.3) is 0 Å². The van der Waals surface area contributed by atoms with Crippen LogP contribution in [0.1, 0.15) is 5.56 Å². The molecule has 1 heterocycles. The minimum Gasteiger partial charge on any atom is -0.267 e. The third-order valence-corrected chi connectivity index (χ3v) is 2.63. The number of nitrogens with zero attached hydrogens (tertiary/aromatic N) is 2. The van der Waals surface area contributed by atoms with Crippen LogP contribution < -0.4 is 0 Å². The highest BCUT2D eigenvalue weighted by Gasteiger charge is 2.02. The molecule has 2 aromatic rings. The van der Waals surface area contributed by atoms with Crippen LogP contribution in [0.15, 0.2) is 35.1 Å². The van der Waals surface area contributed by atoms with Crippen molar-refractivity contribution in [1.29, 1.82) is 0 Å². The van der Waals surface area contributed by atoms with Crippen LogP contribution in [-0.4, -0.2) is 9.78 Å². The molecule has 0 amide bonds. The Morgan fingerprint density at radius 2 is 2.27 bits per heavy atom. The van der Waals surface area contributed by atoms with E-state index in [1.54, 1.807) is 23.0 Å². The maximum atomic E-state index is 12.9. The van der Waals surface area contributed by atoms with Crippen molar-refractivity contribution in [2.45, 2.75) is 6.54 Å². The summed E-state index contributed by atoms with van der Waals surface area (Å²) in [6.45, 7) is 0.575. The Morgan fingerprint density at radius 3 is 2.87 bits per heavy atom. The summed E-state index contributed by atoms with van der Waals surface area (Å²) in [7, 11) is 0. The highest BCUT2D eigenvalue weighted by atomic mass is 79.9. The Kier molecular flexibility index (Phi) is 3.07. The molecule has 0 saturated carbocycles. The fourth-order valence-corrected chi connectivity index (χ4v) is 1.78. The molecule has 0 N–H and O–H groups in total. The number of halogens is 3. The van der Waals surface area contributed by atoms with Crippen LogP contribution in [0.5, 0.6) is 0 Å². The van der Waals surface area contributed by atoms with E-state index < -0.39 is 5.82 Å². The van der Waals surface area contributed by atoms with E-state index in [1.165, 1.54) is 6.07 Å². The second-order valence-electron chi connectivity index (χ2n) is 3.10. The minimum atomic E-state index is -0.401. The number of hydrogen-bond donors (Lipinski definition) is 0. The summed E-state index contributed by atoms with van der Waals surface area (Å²) in [5.41, 5.74) is 0.914. The van der Waals surface area contributed by atoms with Gasteiger partial charge in [0, 0.05) is 6.20 Å². The van der Waals surface area contributed by atoms with E-state index in [1.807, 2.05) is 6.20 Å². The van der Waals surface area contributed by atoms with Crippen LogP contribution in [0, 0.1) is 5.82 Å². The zero-order valence-corrected chi connectivity index (χ0v) is 9.96. The van der Waals surface area contributed by atoms with E-state index in [9.17, 15) is 4.39 Å². The number of aromatic nitrogens is 2. The van der Waals surface area contributed by atoms with Crippen molar-refractivity contribution in [3.63, 3.8) is 0 Å². The van der Waals surface area contributed by atoms with Crippen LogP contribution in [-0.2, 0) is 6.54 Å². The van der Waals surface area contributed by atoms with Gasteiger partial charge < -0.3 is 0 Å². The lowest BCUT2D eigenvalue weighted by Crippen LogP contribution is -1.99. The minimum absolute atomic E-state index is 0.138. The van der Waals surface area contributed by atoms with E-state index in [0.29, 0.717) is 6.54 Å². The summed E-state index contributed by atoms with van der Waals surface area (Å²) in [5.74, 6) is -0.401. The second-order valence-corrected chi connectivity index (χ2v) is 4.43. The summed E-state index contributed by atoms with van der Waals surface area (Å²) in [6.07, 6.45) is 3.54. The molecule has 0 aliphatic heterocycles. The summed E-state index contributed by atoms with van der Waals surface area (Å²) in [5, 5.41) is 4.23. The number of benzene rings is 1. The number of rotatable bonds is 2. The fourth-order valence-electron chi connectivity index (χ4n) is 1.25. The molecule has 15 heavy (non-hydrogen) atoms. The largest absolute Gasteiger partial charge is 0.267 e. The van der Waals surface area contributed by atoms with Gasteiger partial charge >= 0.3 is 0 Å². The molecule has 0 atom stereocenters. The first-order valence-corrected chi connectivity index (χ1v) is 5.44. The lowest BCUT2D eigenvalue weighted by Gasteiger charge is -2.02. The third-order valence-electron chi connectivity index (χ3n) is 1.93. The Morgan fingerprint density at radius 1 is 1.47 bits per heavy atom. The Labute approximate surface area is 99.8 Å². The van der Waals surface area contributed by atoms with Crippen LogP contribution >= 0.6 is 27.5 Å². The van der Waals surface area contributed by atoms with E-state index in [-0.39, 0.29) is 5.02 Å². The Hall–Kier alpha value is -0.870. The van der Waals surface area contributed by atoms with Gasteiger partial charge in [0.05, 0.1) is 22.2 Å². The van der Waals surface area contributed by atoms with Gasteiger partial charge in [0.2, 0.25) is 0 Å². The van der Waals surface area contributed by atoms with Gasteiger partial charge in [0.25, 0.3) is 0 Å². The topological polar surface area (TPSA) is 17.8 Å². The molecule has 5 heteroatoms. The molecular weight excluding hydrogens is 282 g/mol. The SMILES string of the molecule is Fc1ccc(Cn2cc(Br)cn2)cc1Cl. The quantitative estimate of drug-likeness (QED) is 0.827. The van der Waals surface area contributed by atoms with Crippen LogP contribution in [0.3, 0.4) is 0 Å². The average molecular weight is 290 g/mol. The first-order valence-electron chi connectivity index (χ1n) is 4.27. The van der Waals surface area contributed by atoms with Gasteiger partial charge in [-0.05, 0) is 33.6 Å². The maximum Gasteiger partial charge on any atom is 0.141 e. The van der Waals surface area contributed by atoms with Crippen molar-refractivity contribution in [1.82, 2.24) is 9.78 Å². The molecule has 78 valence electrons. The molecule has 1 aromatic carbocycles. The van der Waals surface area contributed by atoms with Crippen molar-refractivity contribution in [2.75, 3.05) is 0 Å². The van der Waals surface area contributed by atoms with E-state index >= 15 is 0 Å². The van der Waals surface area contributed by atoms with Crippen molar-refractivity contribution in [3.05, 3.63) is 51.5 Å². The van der Waals surface area contributed by atoms with Gasteiger partial charge in [-0.3, -0.25) is 4.68 Å². The smallest absolute Gasteiger partial charge is 0.141 e. The molecule has 0 spiro atoms. The van der Waals surface area contributed by atoms with Gasteiger partial charge in [0.1, 0.15) is 5.82 Å². The van der Waals surface area contributed by atoms with E-state index in [0.717, 1.165) is 10.0 Å². The Balaban J connectivity index is 2.21. The average Bonchev–Trinajstić information content (AvgIpc) is 2.58. The number of hydrogen-bond acceptors (Lipinski definition) is 1. The lowest BCUT2D eigenvalue weighted by molar-refractivity contribution is 0.625.